The molecule has 0 aromatic heterocycles. The van der Waals surface area contributed by atoms with Crippen molar-refractivity contribution < 1.29 is 49.1 Å². The van der Waals surface area contributed by atoms with E-state index >= 15 is 0 Å². The Labute approximate surface area is 257 Å². The Balaban J connectivity index is 2.17. The van der Waals surface area contributed by atoms with E-state index in [4.69, 9.17) is 20.3 Å². The topological polar surface area (TPSA) is 206 Å². The molecule has 0 spiro atoms. The number of amides is 2. The lowest BCUT2D eigenvalue weighted by Crippen LogP contribution is -2.42. The number of methoxy groups -OCH3 is 1. The van der Waals surface area contributed by atoms with Gasteiger partial charge in [0.25, 0.3) is 0 Å². The van der Waals surface area contributed by atoms with Gasteiger partial charge in [-0.1, -0.05) is 32.1 Å². The van der Waals surface area contributed by atoms with Crippen LogP contribution in [0.3, 0.4) is 0 Å². The van der Waals surface area contributed by atoms with Gasteiger partial charge in [-0.15, -0.1) is 0 Å². The van der Waals surface area contributed by atoms with Crippen LogP contribution < -0.4 is 11.1 Å². The molecule has 1 fully saturated rings. The van der Waals surface area contributed by atoms with Crippen LogP contribution in [0, 0.1) is 17.8 Å². The van der Waals surface area contributed by atoms with Gasteiger partial charge in [0.2, 0.25) is 11.8 Å². The molecule has 2 heterocycles. The molecule has 43 heavy (non-hydrogen) atoms. The van der Waals surface area contributed by atoms with Crippen LogP contribution in [0.15, 0.2) is 23.8 Å². The van der Waals surface area contributed by atoms with E-state index in [1.165, 1.54) is 18.9 Å². The van der Waals surface area contributed by atoms with Crippen LogP contribution in [0.4, 0.5) is 0 Å². The quantitative estimate of drug-likeness (QED) is 0.134. The highest BCUT2D eigenvalue weighted by Crippen LogP contribution is 2.30. The van der Waals surface area contributed by atoms with Crippen LogP contribution in [0.2, 0.25) is 0 Å². The summed E-state index contributed by atoms with van der Waals surface area (Å²) in [5.41, 5.74) is 6.28. The fraction of sp³-hybridized carbons (Fsp3) is 0.733. The summed E-state index contributed by atoms with van der Waals surface area (Å²) in [6, 6.07) is -1.03. The lowest BCUT2D eigenvalue weighted by atomic mass is 9.86. The first kappa shape index (κ1) is 37.1. The molecule has 1 saturated heterocycles. The Bertz CT molecular complexity index is 1000. The van der Waals surface area contributed by atoms with Gasteiger partial charge in [-0.05, 0) is 37.7 Å². The van der Waals surface area contributed by atoms with Crippen molar-refractivity contribution in [2.45, 2.75) is 108 Å². The number of imide groups is 1. The number of aliphatic hydroxyl groups excluding tert-OH is 3. The number of carboxylic acid groups (broad SMARTS) is 1. The number of piperidine rings is 1. The number of carboxylic acids is 1. The van der Waals surface area contributed by atoms with E-state index in [2.05, 4.69) is 5.32 Å². The van der Waals surface area contributed by atoms with Gasteiger partial charge in [0.1, 0.15) is 17.9 Å². The molecule has 2 aliphatic rings. The molecule has 2 rings (SSSR count). The fourth-order valence-electron chi connectivity index (χ4n) is 5.49. The van der Waals surface area contributed by atoms with Gasteiger partial charge in [0.05, 0.1) is 18.3 Å². The molecule has 9 atom stereocenters. The molecule has 2 aliphatic heterocycles. The van der Waals surface area contributed by atoms with E-state index in [0.717, 1.165) is 0 Å². The van der Waals surface area contributed by atoms with Crippen molar-refractivity contribution >= 4 is 35.3 Å². The summed E-state index contributed by atoms with van der Waals surface area (Å²) in [5.74, 6) is -3.46. The van der Waals surface area contributed by atoms with E-state index < -0.39 is 54.6 Å². The number of allylic oxidation sites excluding steroid dienone is 2. The molecule has 13 heteroatoms. The van der Waals surface area contributed by atoms with Gasteiger partial charge in [0.15, 0.2) is 6.29 Å². The van der Waals surface area contributed by atoms with Crippen molar-refractivity contribution in [3.05, 3.63) is 23.8 Å². The zero-order chi connectivity index (χ0) is 32.3. The van der Waals surface area contributed by atoms with Gasteiger partial charge in [-0.25, -0.2) is 0 Å². The third-order valence-corrected chi connectivity index (χ3v) is 9.39. The molecular weight excluding hydrogens is 580 g/mol. The van der Waals surface area contributed by atoms with Crippen LogP contribution in [-0.2, 0) is 28.7 Å². The largest absolute Gasteiger partial charge is 0.480 e. The third kappa shape index (κ3) is 12.4. The molecule has 244 valence electrons. The van der Waals surface area contributed by atoms with E-state index in [1.807, 2.05) is 6.08 Å². The normalized spacial score (nSPS) is 31.2. The third-order valence-electron chi connectivity index (χ3n) is 7.94. The van der Waals surface area contributed by atoms with Crippen molar-refractivity contribution in [1.29, 1.82) is 0 Å². The second kappa shape index (κ2) is 18.0. The number of hydrogen-bond donors (Lipinski definition) is 6. The highest BCUT2D eigenvalue weighted by molar-refractivity contribution is 7.99. The molecule has 0 bridgehead atoms. The number of nitrogens with two attached hydrogens (primary N) is 1. The number of hydrogen-bond acceptors (Lipinski definition) is 11. The number of rotatable bonds is 12. The predicted molar refractivity (Wildman–Crippen MR) is 161 cm³/mol. The molecule has 7 N–H and O–H groups in total. The number of aliphatic carboxylic acids is 1. The Morgan fingerprint density at radius 2 is 1.91 bits per heavy atom. The molecule has 0 aromatic carbocycles. The van der Waals surface area contributed by atoms with Crippen molar-refractivity contribution in [1.82, 2.24) is 5.32 Å². The summed E-state index contributed by atoms with van der Waals surface area (Å²) < 4.78 is 11.6. The van der Waals surface area contributed by atoms with Gasteiger partial charge in [-0.3, -0.25) is 24.5 Å². The van der Waals surface area contributed by atoms with Gasteiger partial charge in [-0.2, -0.15) is 11.8 Å². The Morgan fingerprint density at radius 1 is 1.26 bits per heavy atom. The summed E-state index contributed by atoms with van der Waals surface area (Å²) in [7, 11) is 1.48. The molecule has 0 saturated carbocycles. The average Bonchev–Trinajstić information content (AvgIpc) is 2.92. The number of carbonyl (C=O) groups excluding carboxylic acids is 3. The lowest BCUT2D eigenvalue weighted by molar-refractivity contribution is -0.158. The molecule has 0 radical (unpaired) electrons. The second-order valence-electron chi connectivity index (χ2n) is 11.7. The number of Topliss-reactive ketones (excluding diaryl/α,β-unsaturated/α-hetero) is 1. The summed E-state index contributed by atoms with van der Waals surface area (Å²) in [6.07, 6.45) is 2.34. The smallest absolute Gasteiger partial charge is 0.321 e. The monoisotopic (exact) mass is 628 g/mol. The minimum atomic E-state index is -1.24. The van der Waals surface area contributed by atoms with Crippen LogP contribution in [0.5, 0.6) is 0 Å². The Kier molecular flexibility index (Phi) is 15.5. The molecule has 12 nitrogen and oxygen atoms in total. The number of nitrogens with one attached hydrogen (secondary N) is 1. The van der Waals surface area contributed by atoms with Crippen LogP contribution in [-0.4, -0.2) is 98.9 Å². The van der Waals surface area contributed by atoms with Gasteiger partial charge < -0.3 is 35.6 Å². The number of thioether (sulfide) groups is 1. The zero-order valence-corrected chi connectivity index (χ0v) is 26.2. The highest BCUT2D eigenvalue weighted by Gasteiger charge is 2.34. The molecular formula is C30H48N2O10S. The second-order valence-corrected chi connectivity index (χ2v) is 13.0. The standard InChI is InChI=1S/C30H48N2O10S/c1-16(23(34)13-20(33)10-19-11-25(35)32-26(36)12-19)9-17(2)29-18(3)28(38)24(41-4)8-6-5-7-21(14-27(37)42-29)43-15-22(31)30(39)40/h6,8-9,16,18-22,24,27-29,33,37-38H,5,7,10-15,31H2,1-4H3,(H,39,40)(H,32,35,36)/b8-6+,17-9+. The zero-order valence-electron chi connectivity index (χ0n) is 25.4. The summed E-state index contributed by atoms with van der Waals surface area (Å²) in [4.78, 5) is 47.4. The molecule has 0 aromatic rings. The average molecular weight is 629 g/mol. The van der Waals surface area contributed by atoms with Crippen LogP contribution >= 0.6 is 11.8 Å². The van der Waals surface area contributed by atoms with E-state index in [0.29, 0.717) is 18.4 Å². The Morgan fingerprint density at radius 3 is 2.51 bits per heavy atom. The maximum Gasteiger partial charge on any atom is 0.321 e. The molecule has 0 aliphatic carbocycles. The summed E-state index contributed by atoms with van der Waals surface area (Å²) in [5, 5.41) is 43.8. The summed E-state index contributed by atoms with van der Waals surface area (Å²) in [6.45, 7) is 5.19. The van der Waals surface area contributed by atoms with E-state index in [1.54, 1.807) is 32.9 Å². The first-order chi connectivity index (χ1) is 20.2. The first-order valence-corrected chi connectivity index (χ1v) is 15.8. The number of aliphatic hydroxyl groups is 3. The highest BCUT2D eigenvalue weighted by atomic mass is 32.2. The maximum atomic E-state index is 13.0. The van der Waals surface area contributed by atoms with Crippen LogP contribution in [0.25, 0.3) is 0 Å². The van der Waals surface area contributed by atoms with Crippen molar-refractivity contribution in [2.75, 3.05) is 12.9 Å². The minimum Gasteiger partial charge on any atom is -0.480 e. The number of ketones is 1. The van der Waals surface area contributed by atoms with Crippen LogP contribution in [0.1, 0.15) is 65.7 Å². The fourth-order valence-corrected chi connectivity index (χ4v) is 6.71. The molecule has 2 amide bonds. The lowest BCUT2D eigenvalue weighted by Gasteiger charge is -2.34. The number of ether oxygens (including phenoxy) is 2. The Hall–Kier alpha value is -2.13. The van der Waals surface area contributed by atoms with E-state index in [-0.39, 0.29) is 66.6 Å². The van der Waals surface area contributed by atoms with Gasteiger partial charge in [0, 0.05) is 55.6 Å². The predicted octanol–water partition coefficient (Wildman–Crippen LogP) is 1.30. The van der Waals surface area contributed by atoms with Crippen molar-refractivity contribution in [3.8, 4) is 0 Å². The van der Waals surface area contributed by atoms with Crippen molar-refractivity contribution in [3.63, 3.8) is 0 Å². The molecule has 9 unspecified atom stereocenters. The summed E-state index contributed by atoms with van der Waals surface area (Å²) >= 11 is 1.35. The maximum absolute atomic E-state index is 13.0. The minimum absolute atomic E-state index is 0.122. The van der Waals surface area contributed by atoms with Crippen molar-refractivity contribution in [2.24, 2.45) is 23.5 Å². The SMILES string of the molecule is COC1/C=C/CCC(SCC(N)C(=O)O)CC(O)OC(/C(C)=C/C(C)C(=O)CC(O)CC2CC(=O)NC(=O)C2)C(C)C1O. The van der Waals surface area contributed by atoms with Gasteiger partial charge >= 0.3 is 5.97 Å². The first-order valence-electron chi connectivity index (χ1n) is 14.7. The van der Waals surface area contributed by atoms with E-state index in [9.17, 15) is 34.5 Å². The number of carbonyl (C=O) groups is 4.